The molecule has 1 aromatic rings. The normalized spacial score (nSPS) is 6.81. The largest absolute Gasteiger partial charge is 1.00 e. The van der Waals surface area contributed by atoms with Gasteiger partial charge in [0.05, 0.1) is 0 Å². The molecule has 0 amide bonds. The zero-order valence-electron chi connectivity index (χ0n) is 8.75. The summed E-state index contributed by atoms with van der Waals surface area (Å²) < 4.78 is 1.78. The number of pyridine rings is 1. The molecule has 0 unspecified atom stereocenters. The van der Waals surface area contributed by atoms with Gasteiger partial charge in [-0.15, -0.1) is 12.4 Å². The Morgan fingerprint density at radius 2 is 2.06 bits per heavy atom. The number of halogens is 1. The van der Waals surface area contributed by atoms with E-state index < -0.39 is 6.16 Å². The molecule has 0 bridgehead atoms. The van der Waals surface area contributed by atoms with Crippen LogP contribution in [0.15, 0.2) is 24.4 Å². The molecular formula is C8H8ClN2NaO4. The number of nitriles is 1. The van der Waals surface area contributed by atoms with Crippen LogP contribution < -0.4 is 44.5 Å². The van der Waals surface area contributed by atoms with E-state index in [1.807, 2.05) is 25.4 Å². The summed E-state index contributed by atoms with van der Waals surface area (Å²) in [5, 5.41) is 25.6. The van der Waals surface area contributed by atoms with Gasteiger partial charge in [0.2, 0.25) is 6.16 Å². The number of aryl methyl sites for hydroxylation is 1. The molecule has 0 fully saturated rings. The Morgan fingerprint density at radius 3 is 2.31 bits per heavy atom. The number of hydrogen-bond donors (Lipinski definition) is 0. The van der Waals surface area contributed by atoms with Gasteiger partial charge in [-0.25, -0.2) is 0 Å². The van der Waals surface area contributed by atoms with Crippen molar-refractivity contribution in [2.75, 3.05) is 0 Å². The van der Waals surface area contributed by atoms with Crippen molar-refractivity contribution in [1.29, 1.82) is 5.26 Å². The average molecular weight is 255 g/mol. The van der Waals surface area contributed by atoms with Crippen LogP contribution in [0, 0.1) is 11.3 Å². The fourth-order valence-electron chi connectivity index (χ4n) is 0.639. The van der Waals surface area contributed by atoms with Crippen molar-refractivity contribution in [3.8, 4) is 6.07 Å². The van der Waals surface area contributed by atoms with Gasteiger partial charge in [-0.1, -0.05) is 0 Å². The van der Waals surface area contributed by atoms with Gasteiger partial charge in [-0.3, -0.25) is 0 Å². The monoisotopic (exact) mass is 254 g/mol. The second kappa shape index (κ2) is 12.2. The van der Waals surface area contributed by atoms with Gasteiger partial charge in [0, 0.05) is 12.1 Å². The summed E-state index contributed by atoms with van der Waals surface area (Å²) in [7, 11) is 1.85. The van der Waals surface area contributed by atoms with Crippen LogP contribution in [-0.2, 0) is 11.9 Å². The quantitative estimate of drug-likeness (QED) is 0.201. The van der Waals surface area contributed by atoms with Crippen LogP contribution in [0.25, 0.3) is 0 Å². The van der Waals surface area contributed by atoms with E-state index >= 15 is 0 Å². The fraction of sp³-hybridized carbons (Fsp3) is 0.125. The molecule has 0 spiro atoms. The molecule has 0 aromatic carbocycles. The van der Waals surface area contributed by atoms with Gasteiger partial charge in [0.1, 0.15) is 7.05 Å². The molecule has 82 valence electrons. The third-order valence-corrected chi connectivity index (χ3v) is 1.24. The third-order valence-electron chi connectivity index (χ3n) is 1.24. The Kier molecular flexibility index (Phi) is 15.7. The third kappa shape index (κ3) is 9.71. The van der Waals surface area contributed by atoms with E-state index in [-0.39, 0.29) is 42.0 Å². The van der Waals surface area contributed by atoms with E-state index in [9.17, 15) is 0 Å². The standard InChI is InChI=1S/C7H7N2.CH2O4.ClH.Na/c1-9-5-3-2-4-7(9)6-8;2-1(3)5-4;;/h2-5H,1H3;4H,(H,2,3);1H;/q+1;;;+1/p-2. The smallest absolute Gasteiger partial charge is 0.755 e. The zero-order valence-corrected chi connectivity index (χ0v) is 11.6. The van der Waals surface area contributed by atoms with Gasteiger partial charge in [0.15, 0.2) is 12.3 Å². The van der Waals surface area contributed by atoms with Crippen LogP contribution in [0.4, 0.5) is 4.79 Å². The number of carbonyl (C=O) groups excluding carboxylic acids is 1. The molecule has 0 N–H and O–H groups in total. The molecule has 0 aliphatic heterocycles. The molecule has 1 heterocycles. The molecule has 0 saturated heterocycles. The Balaban J connectivity index is -0.000000214. The first-order chi connectivity index (χ1) is 6.61. The van der Waals surface area contributed by atoms with Crippen molar-refractivity contribution in [3.63, 3.8) is 0 Å². The van der Waals surface area contributed by atoms with Gasteiger partial charge in [-0.2, -0.15) is 9.83 Å². The van der Waals surface area contributed by atoms with E-state index in [4.69, 9.17) is 20.4 Å². The summed E-state index contributed by atoms with van der Waals surface area (Å²) in [6, 6.07) is 7.57. The molecule has 0 aliphatic carbocycles. The Morgan fingerprint density at radius 1 is 1.56 bits per heavy atom. The first kappa shape index (κ1) is 20.6. The maximum atomic E-state index is 8.72. The number of carboxylic acid groups (broad SMARTS) is 1. The topological polar surface area (TPSA) is 100 Å². The summed E-state index contributed by atoms with van der Waals surface area (Å²) in [4.78, 5) is 11.0. The summed E-state index contributed by atoms with van der Waals surface area (Å²) in [6.45, 7) is 0. The van der Waals surface area contributed by atoms with E-state index in [1.165, 1.54) is 0 Å². The molecule has 0 aliphatic rings. The first-order valence-electron chi connectivity index (χ1n) is 3.47. The van der Waals surface area contributed by atoms with Gasteiger partial charge >= 0.3 is 29.6 Å². The Bertz CT molecular complexity index is 356. The van der Waals surface area contributed by atoms with Gasteiger partial charge in [-0.05, 0) is 6.07 Å². The van der Waals surface area contributed by atoms with Crippen LogP contribution in [0.5, 0.6) is 0 Å². The molecule has 0 radical (unpaired) electrons. The molecule has 16 heavy (non-hydrogen) atoms. The van der Waals surface area contributed by atoms with Crippen LogP contribution >= 0.6 is 12.4 Å². The molecule has 8 heteroatoms. The predicted octanol–water partition coefficient (Wildman–Crippen LogP) is -4.57. The Labute approximate surface area is 121 Å². The maximum Gasteiger partial charge on any atom is 1.00 e. The SMILES string of the molecule is C[n+]1ccccc1C#N.Cl.O=C([O-])O[O-].[Na+]. The molecule has 6 nitrogen and oxygen atoms in total. The second-order valence-corrected chi connectivity index (χ2v) is 2.14. The molecule has 0 atom stereocenters. The summed E-state index contributed by atoms with van der Waals surface area (Å²) in [5.41, 5.74) is 0.678. The van der Waals surface area contributed by atoms with Crippen molar-refractivity contribution in [2.24, 2.45) is 7.05 Å². The number of carbonyl (C=O) groups is 1. The molecule has 0 saturated carbocycles. The van der Waals surface area contributed by atoms with E-state index in [0.717, 1.165) is 0 Å². The van der Waals surface area contributed by atoms with E-state index in [1.54, 1.807) is 10.6 Å². The van der Waals surface area contributed by atoms with Crippen LogP contribution in [0.3, 0.4) is 0 Å². The van der Waals surface area contributed by atoms with Crippen LogP contribution in [0.1, 0.15) is 5.69 Å². The van der Waals surface area contributed by atoms with Crippen molar-refractivity contribution in [3.05, 3.63) is 30.1 Å². The number of nitrogens with zero attached hydrogens (tertiary/aromatic N) is 2. The minimum absolute atomic E-state index is 0. The van der Waals surface area contributed by atoms with Gasteiger partial charge in [0.25, 0.3) is 5.69 Å². The van der Waals surface area contributed by atoms with Crippen molar-refractivity contribution in [2.45, 2.75) is 0 Å². The van der Waals surface area contributed by atoms with Crippen molar-refractivity contribution >= 4 is 18.6 Å². The van der Waals surface area contributed by atoms with Crippen LogP contribution in [-0.4, -0.2) is 6.16 Å². The molecule has 1 aromatic heterocycles. The summed E-state index contributed by atoms with van der Waals surface area (Å²) >= 11 is 0. The minimum atomic E-state index is -2.05. The average Bonchev–Trinajstić information content (AvgIpc) is 2.19. The molecular weight excluding hydrogens is 247 g/mol. The minimum Gasteiger partial charge on any atom is -0.755 e. The van der Waals surface area contributed by atoms with E-state index in [2.05, 4.69) is 11.0 Å². The molecule has 1 rings (SSSR count). The maximum absolute atomic E-state index is 8.72. The van der Waals surface area contributed by atoms with Gasteiger partial charge < -0.3 is 20.0 Å². The first-order valence-corrected chi connectivity index (χ1v) is 3.47. The summed E-state index contributed by atoms with van der Waals surface area (Å²) in [6.07, 6.45) is -0.205. The van der Waals surface area contributed by atoms with Crippen LogP contribution in [0.2, 0.25) is 0 Å². The van der Waals surface area contributed by atoms with Crippen molar-refractivity contribution in [1.82, 2.24) is 0 Å². The van der Waals surface area contributed by atoms with E-state index in [0.29, 0.717) is 5.69 Å². The predicted molar refractivity (Wildman–Crippen MR) is 46.1 cm³/mol. The number of aromatic nitrogens is 1. The second-order valence-electron chi connectivity index (χ2n) is 2.14. The zero-order chi connectivity index (χ0) is 11.0. The number of hydrogen-bond acceptors (Lipinski definition) is 5. The fourth-order valence-corrected chi connectivity index (χ4v) is 0.639. The van der Waals surface area contributed by atoms with Crippen molar-refractivity contribution < 1.29 is 54.2 Å². The number of rotatable bonds is 0. The Hall–Kier alpha value is -0.840. The summed E-state index contributed by atoms with van der Waals surface area (Å²) in [5.74, 6) is 0.